The molecule has 8 nitrogen and oxygen atoms in total. The van der Waals surface area contributed by atoms with Gasteiger partial charge in [-0.1, -0.05) is 12.5 Å². The third kappa shape index (κ3) is 4.04. The van der Waals surface area contributed by atoms with Crippen LogP contribution < -0.4 is 15.0 Å². The Morgan fingerprint density at radius 3 is 2.61 bits per heavy atom. The summed E-state index contributed by atoms with van der Waals surface area (Å²) in [5.74, 6) is -1.81. The number of aromatic nitrogens is 5. The highest BCUT2D eigenvalue weighted by atomic mass is 19.2. The lowest BCUT2D eigenvalue weighted by atomic mass is 9.92. The van der Waals surface area contributed by atoms with Gasteiger partial charge in [0.1, 0.15) is 5.82 Å². The van der Waals surface area contributed by atoms with Crippen molar-refractivity contribution in [1.82, 2.24) is 25.0 Å². The maximum absolute atomic E-state index is 14.7. The van der Waals surface area contributed by atoms with Gasteiger partial charge in [0.25, 0.3) is 0 Å². The number of fused-ring (bicyclic) bond motifs is 3. The first-order chi connectivity index (χ1) is 17.5. The Morgan fingerprint density at radius 1 is 1.03 bits per heavy atom. The third-order valence-electron chi connectivity index (χ3n) is 7.89. The first-order valence-corrected chi connectivity index (χ1v) is 12.5. The lowest BCUT2D eigenvalue weighted by Crippen LogP contribution is -2.48. The number of anilines is 2. The van der Waals surface area contributed by atoms with Gasteiger partial charge in [0.15, 0.2) is 17.5 Å². The van der Waals surface area contributed by atoms with Gasteiger partial charge in [-0.3, -0.25) is 0 Å². The third-order valence-corrected chi connectivity index (χ3v) is 7.89. The Bertz CT molecular complexity index is 1250. The molecule has 1 aromatic carbocycles. The molecule has 1 saturated heterocycles. The number of piperidine rings is 1. The van der Waals surface area contributed by atoms with Gasteiger partial charge in [0.2, 0.25) is 11.8 Å². The summed E-state index contributed by atoms with van der Waals surface area (Å²) in [5.41, 5.74) is 1.13. The second-order valence-electron chi connectivity index (χ2n) is 9.96. The molecular formula is C25H28F3N7O. The molecule has 0 unspecified atom stereocenters. The summed E-state index contributed by atoms with van der Waals surface area (Å²) in [4.78, 5) is 7.09. The number of aryl methyl sites for hydroxylation is 1. The average Bonchev–Trinajstić information content (AvgIpc) is 3.30. The maximum atomic E-state index is 14.7. The van der Waals surface area contributed by atoms with E-state index < -0.39 is 23.4 Å². The predicted octanol–water partition coefficient (Wildman–Crippen LogP) is 4.14. The molecule has 6 rings (SSSR count). The molecule has 4 heterocycles. The number of nitrogens with zero attached hydrogens (tertiary/aromatic N) is 6. The Balaban J connectivity index is 1.23. The molecule has 1 N–H and O–H groups in total. The molecule has 3 aliphatic rings. The molecule has 2 fully saturated rings. The molecule has 3 aromatic rings. The van der Waals surface area contributed by atoms with E-state index in [-0.39, 0.29) is 11.6 Å². The van der Waals surface area contributed by atoms with Gasteiger partial charge in [-0.15, -0.1) is 10.2 Å². The molecule has 2 aromatic heterocycles. The highest BCUT2D eigenvalue weighted by molar-refractivity contribution is 5.48. The highest BCUT2D eigenvalue weighted by Crippen LogP contribution is 2.41. The van der Waals surface area contributed by atoms with Crippen LogP contribution in [-0.2, 0) is 6.54 Å². The molecular weight excluding hydrogens is 471 g/mol. The first kappa shape index (κ1) is 23.1. The van der Waals surface area contributed by atoms with E-state index in [9.17, 15) is 13.2 Å². The minimum Gasteiger partial charge on any atom is -0.480 e. The predicted molar refractivity (Wildman–Crippen MR) is 126 cm³/mol. The van der Waals surface area contributed by atoms with Crippen molar-refractivity contribution in [2.24, 2.45) is 11.8 Å². The van der Waals surface area contributed by atoms with E-state index in [0.717, 1.165) is 50.5 Å². The smallest absolute Gasteiger partial charge is 0.242 e. The molecule has 0 amide bonds. The summed E-state index contributed by atoms with van der Waals surface area (Å²) in [6.45, 7) is 2.41. The average molecular weight is 500 g/mol. The highest BCUT2D eigenvalue weighted by Gasteiger charge is 2.43. The van der Waals surface area contributed by atoms with Crippen molar-refractivity contribution in [2.75, 3.05) is 30.4 Å². The Morgan fingerprint density at radius 2 is 1.83 bits per heavy atom. The van der Waals surface area contributed by atoms with Crippen molar-refractivity contribution in [3.63, 3.8) is 0 Å². The summed E-state index contributed by atoms with van der Waals surface area (Å²) in [5, 5.41) is 16.3. The molecule has 0 radical (unpaired) electrons. The normalized spacial score (nSPS) is 25.4. The molecule has 2 aliphatic heterocycles. The van der Waals surface area contributed by atoms with Gasteiger partial charge in [-0.25, -0.2) is 17.9 Å². The number of methoxy groups -OCH3 is 1. The molecule has 1 aliphatic carbocycles. The Labute approximate surface area is 206 Å². The van der Waals surface area contributed by atoms with Gasteiger partial charge in [-0.2, -0.15) is 10.1 Å². The van der Waals surface area contributed by atoms with Gasteiger partial charge in [0.05, 0.1) is 19.0 Å². The maximum Gasteiger partial charge on any atom is 0.242 e. The van der Waals surface area contributed by atoms with Crippen LogP contribution in [0.3, 0.4) is 0 Å². The Hall–Kier alpha value is -3.37. The molecule has 1 saturated carbocycles. The largest absolute Gasteiger partial charge is 0.480 e. The van der Waals surface area contributed by atoms with Crippen molar-refractivity contribution in [3.05, 3.63) is 53.2 Å². The molecule has 2 bridgehead atoms. The number of benzene rings is 1. The minimum absolute atomic E-state index is 0.130. The van der Waals surface area contributed by atoms with E-state index >= 15 is 0 Å². The van der Waals surface area contributed by atoms with Crippen LogP contribution in [0.2, 0.25) is 0 Å². The lowest BCUT2D eigenvalue weighted by molar-refractivity contribution is 0.372. The number of halogens is 3. The molecule has 11 heteroatoms. The fourth-order valence-corrected chi connectivity index (χ4v) is 6.11. The van der Waals surface area contributed by atoms with Crippen LogP contribution in [0.15, 0.2) is 24.4 Å². The van der Waals surface area contributed by atoms with Crippen molar-refractivity contribution in [1.29, 1.82) is 0 Å². The number of hydrogen-bond acceptors (Lipinski definition) is 7. The topological polar surface area (TPSA) is 81.0 Å². The summed E-state index contributed by atoms with van der Waals surface area (Å²) in [7, 11) is 1.58. The zero-order valence-electron chi connectivity index (χ0n) is 20.0. The van der Waals surface area contributed by atoms with Crippen molar-refractivity contribution < 1.29 is 17.9 Å². The molecule has 0 spiro atoms. The summed E-state index contributed by atoms with van der Waals surface area (Å²) < 4.78 is 49.3. The van der Waals surface area contributed by atoms with E-state index in [4.69, 9.17) is 14.8 Å². The zero-order valence-corrected chi connectivity index (χ0v) is 20.0. The summed E-state index contributed by atoms with van der Waals surface area (Å²) >= 11 is 0. The van der Waals surface area contributed by atoms with E-state index in [1.807, 2.05) is 6.07 Å². The van der Waals surface area contributed by atoms with Gasteiger partial charge < -0.3 is 15.0 Å². The summed E-state index contributed by atoms with van der Waals surface area (Å²) in [6.07, 6.45) is 6.27. The van der Waals surface area contributed by atoms with Crippen LogP contribution in [0.1, 0.15) is 49.4 Å². The zero-order chi connectivity index (χ0) is 24.8. The van der Waals surface area contributed by atoms with Crippen molar-refractivity contribution in [3.8, 4) is 5.88 Å². The number of hydrogen-bond donors (Lipinski definition) is 1. The SMILES string of the molecule is COc1cc(N2C[C@H]3CC[C@H](C2)C3Nc2nc3n(n2)CCCC[C@H]3c2ccc(F)c(F)c2F)cnn1. The standard InChI is InChI=1S/C25H28F3N7O/c1-36-20-10-16(11-29-32-20)34-12-14-5-6-15(13-34)23(14)30-25-31-24-18(4-2-3-9-35(24)33-25)17-7-8-19(26)22(28)21(17)27/h7-8,10-11,14-15,18,23H,2-6,9,12-13H2,1H3,(H,30,33)/t14-,15-,18+/m1/s1. The minimum atomic E-state index is -1.44. The van der Waals surface area contributed by atoms with Gasteiger partial charge in [-0.05, 0) is 43.6 Å². The summed E-state index contributed by atoms with van der Waals surface area (Å²) in [6, 6.07) is 4.45. The fourth-order valence-electron chi connectivity index (χ4n) is 6.11. The number of nitrogens with one attached hydrogen (secondary N) is 1. The number of rotatable bonds is 5. The van der Waals surface area contributed by atoms with E-state index in [1.165, 1.54) is 6.07 Å². The van der Waals surface area contributed by atoms with Crippen LogP contribution >= 0.6 is 0 Å². The van der Waals surface area contributed by atoms with E-state index in [2.05, 4.69) is 20.4 Å². The van der Waals surface area contributed by atoms with Crippen LogP contribution in [0.25, 0.3) is 0 Å². The second kappa shape index (κ2) is 9.25. The second-order valence-corrected chi connectivity index (χ2v) is 9.96. The molecule has 36 heavy (non-hydrogen) atoms. The van der Waals surface area contributed by atoms with Crippen LogP contribution in [0.5, 0.6) is 5.88 Å². The lowest BCUT2D eigenvalue weighted by Gasteiger charge is -2.39. The van der Waals surface area contributed by atoms with Gasteiger partial charge >= 0.3 is 0 Å². The van der Waals surface area contributed by atoms with Crippen LogP contribution in [0.4, 0.5) is 24.8 Å². The molecule has 3 atom stereocenters. The van der Waals surface area contributed by atoms with Gasteiger partial charge in [0, 0.05) is 43.2 Å². The quantitative estimate of drug-likeness (QED) is 0.529. The monoisotopic (exact) mass is 499 g/mol. The van der Waals surface area contributed by atoms with Crippen LogP contribution in [0, 0.1) is 29.3 Å². The van der Waals surface area contributed by atoms with Crippen molar-refractivity contribution in [2.45, 2.75) is 50.6 Å². The first-order valence-electron chi connectivity index (χ1n) is 12.5. The van der Waals surface area contributed by atoms with E-state index in [1.54, 1.807) is 18.0 Å². The fraction of sp³-hybridized carbons (Fsp3) is 0.520. The van der Waals surface area contributed by atoms with E-state index in [0.29, 0.717) is 42.5 Å². The van der Waals surface area contributed by atoms with Crippen LogP contribution in [-0.4, -0.2) is 51.2 Å². The molecule has 190 valence electrons. The van der Waals surface area contributed by atoms with Crippen molar-refractivity contribution >= 4 is 11.6 Å². The number of ether oxygens (including phenoxy) is 1. The Kier molecular flexibility index (Phi) is 5.93.